The Morgan fingerprint density at radius 2 is 2.20 bits per heavy atom. The van der Waals surface area contributed by atoms with Crippen molar-refractivity contribution in [2.45, 2.75) is 51.0 Å². The molecule has 1 fully saturated rings. The minimum Gasteiger partial charge on any atom is -0.462 e. The van der Waals surface area contributed by atoms with Gasteiger partial charge in [0.05, 0.1) is 6.42 Å². The maximum absolute atomic E-state index is 12.1. The average molecular weight is 273 g/mol. The smallest absolute Gasteiger partial charge is 0.306 e. The number of para-hydroxylation sites is 1. The van der Waals surface area contributed by atoms with Gasteiger partial charge in [0.25, 0.3) is 0 Å². The van der Waals surface area contributed by atoms with Crippen molar-refractivity contribution < 1.29 is 9.53 Å². The van der Waals surface area contributed by atoms with E-state index in [2.05, 4.69) is 24.4 Å². The molecular weight excluding hydrogens is 250 g/mol. The topological polar surface area (TPSA) is 38.3 Å². The van der Waals surface area contributed by atoms with E-state index in [0.717, 1.165) is 25.1 Å². The van der Waals surface area contributed by atoms with Crippen LogP contribution in [-0.4, -0.2) is 18.6 Å². The lowest BCUT2D eigenvalue weighted by atomic mass is 9.88. The van der Waals surface area contributed by atoms with Gasteiger partial charge in [-0.2, -0.15) is 0 Å². The van der Waals surface area contributed by atoms with Crippen molar-refractivity contribution in [2.75, 3.05) is 11.9 Å². The molecule has 0 spiro atoms. The normalized spacial score (nSPS) is 28.6. The highest BCUT2D eigenvalue weighted by atomic mass is 16.5. The molecule has 0 radical (unpaired) electrons. The number of carbonyl (C=O) groups excluding carboxylic acids is 1. The molecule has 1 N–H and O–H groups in total. The predicted molar refractivity (Wildman–Crippen MR) is 79.8 cm³/mol. The molecule has 3 unspecified atom stereocenters. The van der Waals surface area contributed by atoms with Gasteiger partial charge in [0, 0.05) is 18.2 Å². The Morgan fingerprint density at radius 1 is 1.35 bits per heavy atom. The van der Waals surface area contributed by atoms with Gasteiger partial charge in [-0.05, 0) is 36.8 Å². The molecule has 1 heterocycles. The summed E-state index contributed by atoms with van der Waals surface area (Å²) in [6.07, 6.45) is 5.17. The van der Waals surface area contributed by atoms with E-state index in [-0.39, 0.29) is 18.0 Å². The zero-order chi connectivity index (χ0) is 13.9. The van der Waals surface area contributed by atoms with Crippen molar-refractivity contribution in [1.82, 2.24) is 0 Å². The Bertz CT molecular complexity index is 486. The number of carbonyl (C=O) groups is 1. The Labute approximate surface area is 120 Å². The van der Waals surface area contributed by atoms with E-state index in [1.54, 1.807) is 0 Å². The molecule has 2 aliphatic rings. The van der Waals surface area contributed by atoms with Crippen molar-refractivity contribution >= 4 is 11.7 Å². The van der Waals surface area contributed by atoms with E-state index >= 15 is 0 Å². The fourth-order valence-corrected chi connectivity index (χ4v) is 3.46. The number of anilines is 1. The second kappa shape index (κ2) is 5.86. The van der Waals surface area contributed by atoms with Crippen LogP contribution in [0.3, 0.4) is 0 Å². The molecule has 1 aliphatic carbocycles. The predicted octanol–water partition coefficient (Wildman–Crippen LogP) is 3.71. The summed E-state index contributed by atoms with van der Waals surface area (Å²) >= 11 is 0. The zero-order valence-electron chi connectivity index (χ0n) is 12.1. The Balaban J connectivity index is 1.55. The molecule has 1 aromatic rings. The minimum absolute atomic E-state index is 0.0346. The molecule has 3 rings (SSSR count). The molecule has 108 valence electrons. The lowest BCUT2D eigenvalue weighted by molar-refractivity contribution is -0.151. The van der Waals surface area contributed by atoms with Gasteiger partial charge in [-0.3, -0.25) is 4.79 Å². The van der Waals surface area contributed by atoms with E-state index in [0.29, 0.717) is 12.3 Å². The van der Waals surface area contributed by atoms with Gasteiger partial charge in [0.1, 0.15) is 6.10 Å². The van der Waals surface area contributed by atoms with Crippen LogP contribution in [0.25, 0.3) is 0 Å². The van der Waals surface area contributed by atoms with Crippen molar-refractivity contribution in [3.05, 3.63) is 29.8 Å². The summed E-state index contributed by atoms with van der Waals surface area (Å²) < 4.78 is 5.67. The van der Waals surface area contributed by atoms with Gasteiger partial charge in [0.15, 0.2) is 0 Å². The van der Waals surface area contributed by atoms with Crippen LogP contribution >= 0.6 is 0 Å². The summed E-state index contributed by atoms with van der Waals surface area (Å²) in [6.45, 7) is 3.09. The van der Waals surface area contributed by atoms with Crippen molar-refractivity contribution in [2.24, 2.45) is 5.92 Å². The van der Waals surface area contributed by atoms with E-state index in [1.165, 1.54) is 18.4 Å². The molecule has 0 bridgehead atoms. The molecule has 3 nitrogen and oxygen atoms in total. The molecule has 0 saturated heterocycles. The largest absolute Gasteiger partial charge is 0.462 e. The van der Waals surface area contributed by atoms with Crippen molar-refractivity contribution in [1.29, 1.82) is 0 Å². The number of esters is 1. The zero-order valence-corrected chi connectivity index (χ0v) is 12.1. The van der Waals surface area contributed by atoms with Crippen LogP contribution in [0.2, 0.25) is 0 Å². The minimum atomic E-state index is -0.0346. The first-order valence-electron chi connectivity index (χ1n) is 7.74. The van der Waals surface area contributed by atoms with E-state index in [1.807, 2.05) is 12.1 Å². The second-order valence-corrected chi connectivity index (χ2v) is 6.25. The Morgan fingerprint density at radius 3 is 3.05 bits per heavy atom. The van der Waals surface area contributed by atoms with E-state index in [4.69, 9.17) is 4.74 Å². The Hall–Kier alpha value is -1.51. The molecule has 1 saturated carbocycles. The molecular formula is C17H23NO2. The molecule has 0 amide bonds. The number of ether oxygens (including phenoxy) is 1. The van der Waals surface area contributed by atoms with Gasteiger partial charge < -0.3 is 10.1 Å². The van der Waals surface area contributed by atoms with Gasteiger partial charge in [0.2, 0.25) is 0 Å². The van der Waals surface area contributed by atoms with Crippen molar-refractivity contribution in [3.8, 4) is 0 Å². The lowest BCUT2D eigenvalue weighted by Gasteiger charge is -2.26. The van der Waals surface area contributed by atoms with Crippen LogP contribution in [0.4, 0.5) is 5.69 Å². The molecule has 3 atom stereocenters. The first kappa shape index (κ1) is 13.5. The van der Waals surface area contributed by atoms with Gasteiger partial charge in [-0.1, -0.05) is 31.5 Å². The van der Waals surface area contributed by atoms with Crippen LogP contribution < -0.4 is 5.32 Å². The molecule has 1 aromatic carbocycles. The number of rotatable bonds is 3. The molecule has 0 aromatic heterocycles. The maximum atomic E-state index is 12.1. The lowest BCUT2D eigenvalue weighted by Crippen LogP contribution is -2.25. The highest BCUT2D eigenvalue weighted by molar-refractivity contribution is 5.72. The summed E-state index contributed by atoms with van der Waals surface area (Å²) in [4.78, 5) is 12.1. The van der Waals surface area contributed by atoms with Gasteiger partial charge in [-0.25, -0.2) is 0 Å². The van der Waals surface area contributed by atoms with Crippen LogP contribution in [0, 0.1) is 5.92 Å². The van der Waals surface area contributed by atoms with Crippen LogP contribution in [0.15, 0.2) is 24.3 Å². The third-order valence-electron chi connectivity index (χ3n) is 4.54. The van der Waals surface area contributed by atoms with Crippen LogP contribution in [0.1, 0.15) is 50.5 Å². The SMILES string of the molecule is CC1CCCC(OC(=O)CC2CNc3ccccc32)C1. The number of nitrogens with one attached hydrogen (secondary N) is 1. The Kier molecular flexibility index (Phi) is 3.95. The standard InChI is InChI=1S/C17H23NO2/c1-12-5-4-6-14(9-12)20-17(19)10-13-11-18-16-8-3-2-7-15(13)16/h2-3,7-8,12-14,18H,4-6,9-11H2,1H3. The molecule has 3 heteroatoms. The maximum Gasteiger partial charge on any atom is 0.306 e. The summed E-state index contributed by atoms with van der Waals surface area (Å²) in [7, 11) is 0. The summed E-state index contributed by atoms with van der Waals surface area (Å²) in [5.74, 6) is 0.919. The summed E-state index contributed by atoms with van der Waals surface area (Å²) in [5.41, 5.74) is 2.41. The number of fused-ring (bicyclic) bond motifs is 1. The number of hydrogen-bond acceptors (Lipinski definition) is 3. The second-order valence-electron chi connectivity index (χ2n) is 6.25. The highest BCUT2D eigenvalue weighted by Crippen LogP contribution is 2.34. The third kappa shape index (κ3) is 2.97. The van der Waals surface area contributed by atoms with E-state index in [9.17, 15) is 4.79 Å². The quantitative estimate of drug-likeness (QED) is 0.853. The van der Waals surface area contributed by atoms with E-state index < -0.39 is 0 Å². The first-order valence-corrected chi connectivity index (χ1v) is 7.74. The van der Waals surface area contributed by atoms with Crippen LogP contribution in [-0.2, 0) is 9.53 Å². The van der Waals surface area contributed by atoms with Crippen LogP contribution in [0.5, 0.6) is 0 Å². The highest BCUT2D eigenvalue weighted by Gasteiger charge is 2.27. The number of hydrogen-bond donors (Lipinski definition) is 1. The summed E-state index contributed by atoms with van der Waals surface area (Å²) in [6, 6.07) is 8.24. The molecule has 1 aliphatic heterocycles. The average Bonchev–Trinajstić information content (AvgIpc) is 2.82. The third-order valence-corrected chi connectivity index (χ3v) is 4.54. The van der Waals surface area contributed by atoms with Gasteiger partial charge in [-0.15, -0.1) is 0 Å². The van der Waals surface area contributed by atoms with Gasteiger partial charge >= 0.3 is 5.97 Å². The number of benzene rings is 1. The summed E-state index contributed by atoms with van der Waals surface area (Å²) in [5, 5.41) is 3.36. The van der Waals surface area contributed by atoms with Crippen molar-refractivity contribution in [3.63, 3.8) is 0 Å². The molecule has 20 heavy (non-hydrogen) atoms. The fraction of sp³-hybridized carbons (Fsp3) is 0.588. The first-order chi connectivity index (χ1) is 9.72. The fourth-order valence-electron chi connectivity index (χ4n) is 3.46. The monoisotopic (exact) mass is 273 g/mol.